The number of esters is 1. The van der Waals surface area contributed by atoms with Crippen molar-refractivity contribution in [1.29, 1.82) is 0 Å². The molecule has 7 heteroatoms. The van der Waals surface area contributed by atoms with Gasteiger partial charge in [-0.05, 0) is 48.0 Å². The van der Waals surface area contributed by atoms with Gasteiger partial charge in [0.25, 0.3) is 5.56 Å². The fourth-order valence-corrected chi connectivity index (χ4v) is 4.21. The number of carbonyl (C=O) groups excluding carboxylic acids is 1. The SMILES string of the molecule is COC(=O)c1ccc(CSc2nc3ccccc3c(=O)n2-c2cccc(Cl)c2)cc1. The number of ether oxygens (including phenoxy) is 1. The number of benzene rings is 3. The van der Waals surface area contributed by atoms with E-state index in [1.54, 1.807) is 41.0 Å². The Morgan fingerprint density at radius 1 is 1.07 bits per heavy atom. The van der Waals surface area contributed by atoms with Crippen LogP contribution in [0.1, 0.15) is 15.9 Å². The minimum absolute atomic E-state index is 0.147. The number of thioether (sulfide) groups is 1. The largest absolute Gasteiger partial charge is 0.465 e. The molecule has 0 aliphatic heterocycles. The molecule has 0 atom stereocenters. The number of para-hydroxylation sites is 1. The van der Waals surface area contributed by atoms with Gasteiger partial charge in [-0.15, -0.1) is 0 Å². The van der Waals surface area contributed by atoms with Gasteiger partial charge in [0.15, 0.2) is 5.16 Å². The van der Waals surface area contributed by atoms with E-state index in [1.807, 2.05) is 36.4 Å². The highest BCUT2D eigenvalue weighted by Gasteiger charge is 2.14. The monoisotopic (exact) mass is 436 g/mol. The normalized spacial score (nSPS) is 10.9. The highest BCUT2D eigenvalue weighted by molar-refractivity contribution is 7.98. The first-order chi connectivity index (χ1) is 14.6. The minimum atomic E-state index is -0.375. The summed E-state index contributed by atoms with van der Waals surface area (Å²) in [6, 6.07) is 21.6. The quantitative estimate of drug-likeness (QED) is 0.247. The number of hydrogen-bond acceptors (Lipinski definition) is 5. The van der Waals surface area contributed by atoms with E-state index < -0.39 is 0 Å². The Morgan fingerprint density at radius 3 is 2.57 bits per heavy atom. The molecule has 4 rings (SSSR count). The van der Waals surface area contributed by atoms with Gasteiger partial charge in [-0.2, -0.15) is 0 Å². The molecule has 0 unspecified atom stereocenters. The van der Waals surface area contributed by atoms with Crippen LogP contribution in [0.5, 0.6) is 0 Å². The summed E-state index contributed by atoms with van der Waals surface area (Å²) in [5.41, 5.74) is 2.64. The van der Waals surface area contributed by atoms with Crippen molar-refractivity contribution >= 4 is 40.2 Å². The molecule has 150 valence electrons. The fourth-order valence-electron chi connectivity index (χ4n) is 3.05. The van der Waals surface area contributed by atoms with Crippen LogP contribution in [0.2, 0.25) is 5.02 Å². The average molecular weight is 437 g/mol. The van der Waals surface area contributed by atoms with Crippen molar-refractivity contribution in [2.45, 2.75) is 10.9 Å². The summed E-state index contributed by atoms with van der Waals surface area (Å²) in [5, 5.41) is 1.66. The van der Waals surface area contributed by atoms with Gasteiger partial charge in [-0.25, -0.2) is 9.78 Å². The molecule has 0 saturated carbocycles. The summed E-state index contributed by atoms with van der Waals surface area (Å²) in [7, 11) is 1.35. The van der Waals surface area contributed by atoms with E-state index >= 15 is 0 Å². The highest BCUT2D eigenvalue weighted by Crippen LogP contribution is 2.26. The maximum absolute atomic E-state index is 13.2. The van der Waals surface area contributed by atoms with Crippen molar-refractivity contribution in [1.82, 2.24) is 9.55 Å². The van der Waals surface area contributed by atoms with E-state index in [-0.39, 0.29) is 11.5 Å². The van der Waals surface area contributed by atoms with Gasteiger partial charge in [0.05, 0.1) is 29.3 Å². The van der Waals surface area contributed by atoms with E-state index in [4.69, 9.17) is 21.3 Å². The first-order valence-electron chi connectivity index (χ1n) is 9.14. The van der Waals surface area contributed by atoms with Crippen LogP contribution in [0, 0.1) is 0 Å². The molecule has 0 aliphatic rings. The summed E-state index contributed by atoms with van der Waals surface area (Å²) >= 11 is 7.61. The van der Waals surface area contributed by atoms with Crippen LogP contribution in [0.4, 0.5) is 0 Å². The highest BCUT2D eigenvalue weighted by atomic mass is 35.5. The molecule has 0 radical (unpaired) electrons. The van der Waals surface area contributed by atoms with Crippen molar-refractivity contribution in [3.8, 4) is 5.69 Å². The fraction of sp³-hybridized carbons (Fsp3) is 0.0870. The van der Waals surface area contributed by atoms with Crippen LogP contribution in [0.25, 0.3) is 16.6 Å². The Balaban J connectivity index is 1.73. The van der Waals surface area contributed by atoms with Gasteiger partial charge in [0, 0.05) is 10.8 Å². The van der Waals surface area contributed by atoms with Crippen LogP contribution in [-0.2, 0) is 10.5 Å². The standard InChI is InChI=1S/C23H17ClN2O3S/c1-29-22(28)16-11-9-15(10-12-16)14-30-23-25-20-8-3-2-7-19(20)21(27)26(23)18-6-4-5-17(24)13-18/h2-13H,14H2,1H3. The number of carbonyl (C=O) groups is 1. The van der Waals surface area contributed by atoms with E-state index in [9.17, 15) is 9.59 Å². The topological polar surface area (TPSA) is 61.2 Å². The average Bonchev–Trinajstić information content (AvgIpc) is 2.77. The van der Waals surface area contributed by atoms with Crippen molar-refractivity contribution in [2.75, 3.05) is 7.11 Å². The smallest absolute Gasteiger partial charge is 0.337 e. The van der Waals surface area contributed by atoms with Crippen LogP contribution < -0.4 is 5.56 Å². The summed E-state index contributed by atoms with van der Waals surface area (Å²) in [6.07, 6.45) is 0. The molecule has 4 aromatic rings. The maximum atomic E-state index is 13.2. The number of fused-ring (bicyclic) bond motifs is 1. The summed E-state index contributed by atoms with van der Waals surface area (Å²) < 4.78 is 6.32. The number of methoxy groups -OCH3 is 1. The van der Waals surface area contributed by atoms with E-state index in [0.717, 1.165) is 5.56 Å². The van der Waals surface area contributed by atoms with Crippen LogP contribution in [0.15, 0.2) is 82.7 Å². The molecule has 0 fully saturated rings. The van der Waals surface area contributed by atoms with Crippen LogP contribution >= 0.6 is 23.4 Å². The molecule has 1 aromatic heterocycles. The number of aromatic nitrogens is 2. The van der Waals surface area contributed by atoms with Gasteiger partial charge in [0.2, 0.25) is 0 Å². The molecular weight excluding hydrogens is 420 g/mol. The number of rotatable bonds is 5. The molecule has 0 aliphatic carbocycles. The van der Waals surface area contributed by atoms with Gasteiger partial charge in [-0.1, -0.05) is 53.7 Å². The zero-order valence-electron chi connectivity index (χ0n) is 16.0. The van der Waals surface area contributed by atoms with Gasteiger partial charge < -0.3 is 4.74 Å². The Morgan fingerprint density at radius 2 is 1.83 bits per heavy atom. The second-order valence-corrected chi connectivity index (χ2v) is 7.89. The Kier molecular flexibility index (Phi) is 5.88. The lowest BCUT2D eigenvalue weighted by Gasteiger charge is -2.13. The molecule has 3 aromatic carbocycles. The lowest BCUT2D eigenvalue weighted by Crippen LogP contribution is -2.21. The Bertz CT molecular complexity index is 1290. The molecule has 0 spiro atoms. The van der Waals surface area contributed by atoms with Crippen LogP contribution in [-0.4, -0.2) is 22.6 Å². The first kappa shape index (κ1) is 20.2. The zero-order chi connectivity index (χ0) is 21.1. The van der Waals surface area contributed by atoms with Crippen LogP contribution in [0.3, 0.4) is 0 Å². The molecule has 0 saturated heterocycles. The second-order valence-electron chi connectivity index (χ2n) is 6.51. The van der Waals surface area contributed by atoms with Gasteiger partial charge >= 0.3 is 5.97 Å². The third-order valence-electron chi connectivity index (χ3n) is 4.55. The lowest BCUT2D eigenvalue weighted by molar-refractivity contribution is 0.0600. The summed E-state index contributed by atoms with van der Waals surface area (Å²) in [5.74, 6) is 0.201. The predicted octanol–water partition coefficient (Wildman–Crippen LogP) is 5.12. The molecule has 30 heavy (non-hydrogen) atoms. The summed E-state index contributed by atoms with van der Waals surface area (Å²) in [4.78, 5) is 29.6. The second kappa shape index (κ2) is 8.73. The molecule has 1 heterocycles. The Labute approximate surface area is 182 Å². The van der Waals surface area contributed by atoms with Gasteiger partial charge in [0.1, 0.15) is 0 Å². The maximum Gasteiger partial charge on any atom is 0.337 e. The summed E-state index contributed by atoms with van der Waals surface area (Å²) in [6.45, 7) is 0. The number of hydrogen-bond donors (Lipinski definition) is 0. The van der Waals surface area contributed by atoms with Crippen molar-refractivity contribution < 1.29 is 9.53 Å². The third-order valence-corrected chi connectivity index (χ3v) is 5.80. The lowest BCUT2D eigenvalue weighted by atomic mass is 10.1. The molecule has 0 amide bonds. The predicted molar refractivity (Wildman–Crippen MR) is 120 cm³/mol. The first-order valence-corrected chi connectivity index (χ1v) is 10.5. The van der Waals surface area contributed by atoms with Gasteiger partial charge in [-0.3, -0.25) is 9.36 Å². The number of halogens is 1. The molecule has 0 bridgehead atoms. The molecular formula is C23H17ClN2O3S. The Hall–Kier alpha value is -3.09. The minimum Gasteiger partial charge on any atom is -0.465 e. The molecule has 0 N–H and O–H groups in total. The third kappa shape index (κ3) is 4.10. The van der Waals surface area contributed by atoms with E-state index in [2.05, 4.69) is 0 Å². The van der Waals surface area contributed by atoms with E-state index in [0.29, 0.717) is 38.1 Å². The number of nitrogens with zero attached hydrogens (tertiary/aromatic N) is 2. The molecule has 5 nitrogen and oxygen atoms in total. The van der Waals surface area contributed by atoms with Crippen molar-refractivity contribution in [3.05, 3.63) is 99.3 Å². The van der Waals surface area contributed by atoms with E-state index in [1.165, 1.54) is 18.9 Å². The van der Waals surface area contributed by atoms with Crippen molar-refractivity contribution in [2.24, 2.45) is 0 Å². The van der Waals surface area contributed by atoms with Crippen molar-refractivity contribution in [3.63, 3.8) is 0 Å². The zero-order valence-corrected chi connectivity index (χ0v) is 17.6.